The minimum atomic E-state index is 0.0691. The Labute approximate surface area is 160 Å². The van der Waals surface area contributed by atoms with Crippen molar-refractivity contribution in [1.29, 1.82) is 0 Å². The Bertz CT molecular complexity index is 544. The van der Waals surface area contributed by atoms with E-state index in [2.05, 4.69) is 43.4 Å². The molecule has 1 unspecified atom stereocenters. The Morgan fingerprint density at radius 1 is 1.31 bits per heavy atom. The van der Waals surface area contributed by atoms with Crippen LogP contribution in [-0.2, 0) is 9.53 Å². The summed E-state index contributed by atoms with van der Waals surface area (Å²) in [5.41, 5.74) is 0. The van der Waals surface area contributed by atoms with Gasteiger partial charge in [-0.3, -0.25) is 14.7 Å². The summed E-state index contributed by atoms with van der Waals surface area (Å²) >= 11 is 1.78. The van der Waals surface area contributed by atoms with Crippen molar-refractivity contribution < 1.29 is 9.53 Å². The zero-order valence-corrected chi connectivity index (χ0v) is 16.6. The maximum atomic E-state index is 11.7. The second kappa shape index (κ2) is 11.9. The van der Waals surface area contributed by atoms with Gasteiger partial charge in [0.15, 0.2) is 5.96 Å². The monoisotopic (exact) mass is 381 g/mol. The first kappa shape index (κ1) is 20.7. The molecule has 1 atom stereocenters. The molecule has 1 aliphatic heterocycles. The van der Waals surface area contributed by atoms with Crippen LogP contribution in [0.25, 0.3) is 0 Å². The van der Waals surface area contributed by atoms with Crippen molar-refractivity contribution in [3.63, 3.8) is 0 Å². The molecule has 2 rings (SSSR count). The third-order valence-corrected chi connectivity index (χ3v) is 5.23. The minimum Gasteiger partial charge on any atom is -0.379 e. The summed E-state index contributed by atoms with van der Waals surface area (Å²) in [5.74, 6) is 0.794. The van der Waals surface area contributed by atoms with E-state index in [-0.39, 0.29) is 5.91 Å². The molecule has 146 valence electrons. The summed E-state index contributed by atoms with van der Waals surface area (Å²) in [6, 6.07) is 4.57. The largest absolute Gasteiger partial charge is 0.379 e. The van der Waals surface area contributed by atoms with Gasteiger partial charge in [0.05, 0.1) is 19.3 Å². The molecule has 0 bridgehead atoms. The SMILES string of the molecule is CCCNC(=O)CCNC(=NC)NCC(c1cccs1)N1CCOCC1. The van der Waals surface area contributed by atoms with E-state index in [0.29, 0.717) is 19.0 Å². The Hall–Kier alpha value is -1.64. The molecular weight excluding hydrogens is 350 g/mol. The quantitative estimate of drug-likeness (QED) is 0.443. The molecule has 7 nitrogen and oxygen atoms in total. The maximum absolute atomic E-state index is 11.7. The number of carbonyl (C=O) groups excluding carboxylic acids is 1. The van der Waals surface area contributed by atoms with Crippen LogP contribution in [0.3, 0.4) is 0 Å². The fraction of sp³-hybridized carbons (Fsp3) is 0.667. The summed E-state index contributed by atoms with van der Waals surface area (Å²) in [6.45, 7) is 7.54. The van der Waals surface area contributed by atoms with Gasteiger partial charge in [-0.15, -0.1) is 11.3 Å². The molecule has 0 aliphatic carbocycles. The number of rotatable bonds is 9. The molecule has 1 fully saturated rings. The van der Waals surface area contributed by atoms with Crippen molar-refractivity contribution in [3.05, 3.63) is 22.4 Å². The molecule has 0 radical (unpaired) electrons. The molecule has 8 heteroatoms. The molecule has 0 aromatic carbocycles. The maximum Gasteiger partial charge on any atom is 0.221 e. The van der Waals surface area contributed by atoms with E-state index in [4.69, 9.17) is 4.74 Å². The van der Waals surface area contributed by atoms with Crippen LogP contribution in [-0.4, -0.2) is 69.8 Å². The first-order valence-electron chi connectivity index (χ1n) is 9.31. The summed E-state index contributed by atoms with van der Waals surface area (Å²) in [4.78, 5) is 19.7. The second-order valence-corrected chi connectivity index (χ2v) is 7.14. The molecule has 1 aromatic rings. The summed E-state index contributed by atoms with van der Waals surface area (Å²) in [6.07, 6.45) is 1.40. The smallest absolute Gasteiger partial charge is 0.221 e. The lowest BCUT2D eigenvalue weighted by Gasteiger charge is -2.34. The van der Waals surface area contributed by atoms with E-state index in [0.717, 1.165) is 51.8 Å². The molecule has 1 aromatic heterocycles. The van der Waals surface area contributed by atoms with Gasteiger partial charge >= 0.3 is 0 Å². The first-order valence-corrected chi connectivity index (χ1v) is 10.2. The van der Waals surface area contributed by atoms with Gasteiger partial charge in [0.1, 0.15) is 0 Å². The Balaban J connectivity index is 1.81. The van der Waals surface area contributed by atoms with Gasteiger partial charge in [-0.2, -0.15) is 0 Å². The first-order chi connectivity index (χ1) is 12.7. The number of nitrogens with zero attached hydrogens (tertiary/aromatic N) is 2. The number of aliphatic imine (C=N–C) groups is 1. The van der Waals surface area contributed by atoms with Crippen molar-refractivity contribution >= 4 is 23.2 Å². The van der Waals surface area contributed by atoms with Gasteiger partial charge in [-0.05, 0) is 17.9 Å². The van der Waals surface area contributed by atoms with Crippen LogP contribution in [0.1, 0.15) is 30.7 Å². The number of thiophene rings is 1. The number of carbonyl (C=O) groups is 1. The Morgan fingerprint density at radius 2 is 2.12 bits per heavy atom. The van der Waals surface area contributed by atoms with Crippen LogP contribution in [0, 0.1) is 0 Å². The molecule has 1 amide bonds. The molecule has 1 saturated heterocycles. The van der Waals surface area contributed by atoms with Crippen molar-refractivity contribution in [2.24, 2.45) is 4.99 Å². The lowest BCUT2D eigenvalue weighted by molar-refractivity contribution is -0.120. The van der Waals surface area contributed by atoms with Crippen LogP contribution in [0.5, 0.6) is 0 Å². The van der Waals surface area contributed by atoms with E-state index in [1.165, 1.54) is 4.88 Å². The van der Waals surface area contributed by atoms with Gasteiger partial charge in [0, 0.05) is 51.1 Å². The highest BCUT2D eigenvalue weighted by Gasteiger charge is 2.23. The van der Waals surface area contributed by atoms with Gasteiger partial charge in [0.2, 0.25) is 5.91 Å². The van der Waals surface area contributed by atoms with Gasteiger partial charge in [-0.1, -0.05) is 13.0 Å². The van der Waals surface area contributed by atoms with Crippen LogP contribution < -0.4 is 16.0 Å². The molecule has 26 heavy (non-hydrogen) atoms. The standard InChI is InChI=1S/C18H31N5O2S/c1-3-7-20-17(24)6-8-21-18(19-2)22-14-15(16-5-4-13-26-16)23-9-11-25-12-10-23/h4-5,13,15H,3,6-12,14H2,1-2H3,(H,20,24)(H2,19,21,22). The zero-order valence-electron chi connectivity index (χ0n) is 15.8. The fourth-order valence-electron chi connectivity index (χ4n) is 2.84. The normalized spacial score (nSPS) is 16.9. The third-order valence-electron chi connectivity index (χ3n) is 4.26. The van der Waals surface area contributed by atoms with E-state index in [1.807, 2.05) is 6.92 Å². The van der Waals surface area contributed by atoms with Crippen LogP contribution >= 0.6 is 11.3 Å². The number of hydrogen-bond acceptors (Lipinski definition) is 5. The predicted molar refractivity (Wildman–Crippen MR) is 107 cm³/mol. The van der Waals surface area contributed by atoms with E-state index in [1.54, 1.807) is 18.4 Å². The van der Waals surface area contributed by atoms with Crippen molar-refractivity contribution in [2.45, 2.75) is 25.8 Å². The summed E-state index contributed by atoms with van der Waals surface area (Å²) < 4.78 is 5.48. The van der Waals surface area contributed by atoms with Crippen molar-refractivity contribution in [2.75, 3.05) is 53.0 Å². The number of nitrogens with one attached hydrogen (secondary N) is 3. The summed E-state index contributed by atoms with van der Waals surface area (Å²) in [7, 11) is 1.75. The van der Waals surface area contributed by atoms with Crippen LogP contribution in [0.4, 0.5) is 0 Å². The summed E-state index contributed by atoms with van der Waals surface area (Å²) in [5, 5.41) is 11.6. The number of amides is 1. The lowest BCUT2D eigenvalue weighted by Crippen LogP contribution is -2.46. The zero-order chi connectivity index (χ0) is 18.6. The van der Waals surface area contributed by atoms with Gasteiger partial charge in [0.25, 0.3) is 0 Å². The third kappa shape index (κ3) is 6.93. The van der Waals surface area contributed by atoms with E-state index < -0.39 is 0 Å². The van der Waals surface area contributed by atoms with Gasteiger partial charge < -0.3 is 20.7 Å². The highest BCUT2D eigenvalue weighted by molar-refractivity contribution is 7.10. The fourth-order valence-corrected chi connectivity index (χ4v) is 3.70. The lowest BCUT2D eigenvalue weighted by atomic mass is 10.2. The minimum absolute atomic E-state index is 0.0691. The highest BCUT2D eigenvalue weighted by atomic mass is 32.1. The number of hydrogen-bond donors (Lipinski definition) is 3. The average molecular weight is 382 g/mol. The van der Waals surface area contributed by atoms with Crippen LogP contribution in [0.15, 0.2) is 22.5 Å². The number of guanidine groups is 1. The molecule has 0 saturated carbocycles. The molecule has 2 heterocycles. The second-order valence-electron chi connectivity index (χ2n) is 6.16. The Kier molecular flexibility index (Phi) is 9.44. The molecular formula is C18H31N5O2S. The van der Waals surface area contributed by atoms with Crippen molar-refractivity contribution in [1.82, 2.24) is 20.9 Å². The topological polar surface area (TPSA) is 78.0 Å². The molecule has 1 aliphatic rings. The van der Waals surface area contributed by atoms with E-state index >= 15 is 0 Å². The van der Waals surface area contributed by atoms with Gasteiger partial charge in [-0.25, -0.2) is 0 Å². The molecule has 0 spiro atoms. The molecule has 3 N–H and O–H groups in total. The van der Waals surface area contributed by atoms with Crippen LogP contribution in [0.2, 0.25) is 0 Å². The van der Waals surface area contributed by atoms with Crippen molar-refractivity contribution in [3.8, 4) is 0 Å². The highest BCUT2D eigenvalue weighted by Crippen LogP contribution is 2.25. The average Bonchev–Trinajstić information content (AvgIpc) is 3.20. The predicted octanol–water partition coefficient (Wildman–Crippen LogP) is 1.20. The Morgan fingerprint density at radius 3 is 2.77 bits per heavy atom. The number of morpholine rings is 1. The van der Waals surface area contributed by atoms with E-state index in [9.17, 15) is 4.79 Å². The number of ether oxygens (including phenoxy) is 1.